The van der Waals surface area contributed by atoms with Crippen LogP contribution in [0.3, 0.4) is 0 Å². The number of aromatic nitrogens is 1. The van der Waals surface area contributed by atoms with Crippen LogP contribution in [-0.2, 0) is 6.18 Å². The van der Waals surface area contributed by atoms with Crippen molar-refractivity contribution < 1.29 is 18.0 Å². The molecule has 23 heavy (non-hydrogen) atoms. The van der Waals surface area contributed by atoms with Gasteiger partial charge in [0, 0.05) is 31.9 Å². The minimum absolute atomic E-state index is 0.174. The molecule has 0 amide bonds. The summed E-state index contributed by atoms with van der Waals surface area (Å²) in [5.41, 5.74) is 0.416. The third-order valence-corrected chi connectivity index (χ3v) is 4.22. The van der Waals surface area contributed by atoms with Gasteiger partial charge in [-0.15, -0.1) is 11.3 Å². The van der Waals surface area contributed by atoms with E-state index in [1.54, 1.807) is 32.1 Å². The molecule has 7 heteroatoms. The molecule has 0 fully saturated rings. The van der Waals surface area contributed by atoms with E-state index in [1.807, 2.05) is 0 Å². The first-order chi connectivity index (χ1) is 10.7. The van der Waals surface area contributed by atoms with Gasteiger partial charge < -0.3 is 4.90 Å². The number of aryl methyl sites for hydroxylation is 1. The molecule has 0 atom stereocenters. The SMILES string of the molecule is Cc1nc(-c2ccc(C(F)(F)F)cc2)sc1C(=O)/C=C\N(C)C. The Balaban J connectivity index is 2.29. The van der Waals surface area contributed by atoms with Crippen LogP contribution >= 0.6 is 11.3 Å². The summed E-state index contributed by atoms with van der Waals surface area (Å²) in [6, 6.07) is 4.76. The molecule has 3 nitrogen and oxygen atoms in total. The Morgan fingerprint density at radius 1 is 1.22 bits per heavy atom. The lowest BCUT2D eigenvalue weighted by molar-refractivity contribution is -0.137. The van der Waals surface area contributed by atoms with E-state index < -0.39 is 11.7 Å². The van der Waals surface area contributed by atoms with Gasteiger partial charge in [0.2, 0.25) is 0 Å². The first-order valence-electron chi connectivity index (χ1n) is 6.72. The van der Waals surface area contributed by atoms with Gasteiger partial charge in [0.15, 0.2) is 5.78 Å². The lowest BCUT2D eigenvalue weighted by Crippen LogP contribution is -2.03. The van der Waals surface area contributed by atoms with Crippen LogP contribution in [0.4, 0.5) is 13.2 Å². The molecule has 2 aromatic rings. The van der Waals surface area contributed by atoms with Crippen LogP contribution in [0.5, 0.6) is 0 Å². The molecule has 1 aromatic carbocycles. The number of nitrogens with zero attached hydrogens (tertiary/aromatic N) is 2. The largest absolute Gasteiger partial charge is 0.416 e. The van der Waals surface area contributed by atoms with Crippen molar-refractivity contribution in [3.63, 3.8) is 0 Å². The number of ketones is 1. The molecule has 0 bridgehead atoms. The minimum atomic E-state index is -4.37. The molecule has 1 heterocycles. The Hall–Kier alpha value is -2.15. The van der Waals surface area contributed by atoms with Gasteiger partial charge in [-0.3, -0.25) is 4.79 Å². The molecule has 0 unspecified atom stereocenters. The second-order valence-electron chi connectivity index (χ2n) is 5.15. The molecule has 1 aromatic heterocycles. The van der Waals surface area contributed by atoms with Crippen LogP contribution in [0.15, 0.2) is 36.5 Å². The van der Waals surface area contributed by atoms with E-state index in [-0.39, 0.29) is 5.78 Å². The number of halogens is 3. The lowest BCUT2D eigenvalue weighted by Gasteiger charge is -2.06. The molecule has 2 rings (SSSR count). The highest BCUT2D eigenvalue weighted by Gasteiger charge is 2.30. The van der Waals surface area contributed by atoms with E-state index >= 15 is 0 Å². The maximum Gasteiger partial charge on any atom is 0.416 e. The standard InChI is InChI=1S/C16H15F3N2OS/c1-10-14(13(22)8-9-21(2)3)23-15(20-10)11-4-6-12(7-5-11)16(17,18)19/h4-9H,1-3H3/b9-8-. The normalized spacial score (nSPS) is 11.9. The number of benzene rings is 1. The molecule has 0 aliphatic carbocycles. The summed E-state index contributed by atoms with van der Waals surface area (Å²) >= 11 is 1.17. The maximum atomic E-state index is 12.6. The fourth-order valence-electron chi connectivity index (χ4n) is 1.84. The van der Waals surface area contributed by atoms with Gasteiger partial charge in [-0.1, -0.05) is 12.1 Å². The quantitative estimate of drug-likeness (QED) is 0.611. The van der Waals surface area contributed by atoms with Gasteiger partial charge in [0.05, 0.1) is 16.1 Å². The fourth-order valence-corrected chi connectivity index (χ4v) is 2.83. The van der Waals surface area contributed by atoms with E-state index in [0.29, 0.717) is 21.1 Å². The summed E-state index contributed by atoms with van der Waals surface area (Å²) in [4.78, 5) is 18.6. The van der Waals surface area contributed by atoms with Gasteiger partial charge in [-0.2, -0.15) is 13.2 Å². The van der Waals surface area contributed by atoms with Crippen molar-refractivity contribution in [2.75, 3.05) is 14.1 Å². The number of hydrogen-bond acceptors (Lipinski definition) is 4. The predicted octanol–water partition coefficient (Wildman–Crippen LogP) is 4.40. The van der Waals surface area contributed by atoms with E-state index in [9.17, 15) is 18.0 Å². The van der Waals surface area contributed by atoms with Crippen molar-refractivity contribution >= 4 is 17.1 Å². The van der Waals surface area contributed by atoms with Gasteiger partial charge in [-0.05, 0) is 19.1 Å². The fraction of sp³-hybridized carbons (Fsp3) is 0.250. The number of allylic oxidation sites excluding steroid dienone is 1. The molecule has 0 saturated heterocycles. The smallest absolute Gasteiger partial charge is 0.383 e. The summed E-state index contributed by atoms with van der Waals surface area (Å²) in [5.74, 6) is -0.174. The van der Waals surface area contributed by atoms with E-state index in [2.05, 4.69) is 4.98 Å². The Bertz CT molecular complexity index is 731. The topological polar surface area (TPSA) is 33.2 Å². The summed E-state index contributed by atoms with van der Waals surface area (Å²) in [6.45, 7) is 1.71. The average molecular weight is 340 g/mol. The number of carbonyl (C=O) groups excluding carboxylic acids is 1. The second kappa shape index (κ2) is 6.54. The van der Waals surface area contributed by atoms with Crippen molar-refractivity contribution in [2.24, 2.45) is 0 Å². The lowest BCUT2D eigenvalue weighted by atomic mass is 10.1. The Labute approximate surface area is 136 Å². The number of carbonyl (C=O) groups is 1. The van der Waals surface area contributed by atoms with E-state index in [0.717, 1.165) is 12.1 Å². The number of thiazole rings is 1. The Morgan fingerprint density at radius 2 is 1.83 bits per heavy atom. The maximum absolute atomic E-state index is 12.6. The molecule has 0 spiro atoms. The summed E-state index contributed by atoms with van der Waals surface area (Å²) < 4.78 is 37.7. The van der Waals surface area contributed by atoms with Gasteiger partial charge >= 0.3 is 6.18 Å². The van der Waals surface area contributed by atoms with Crippen molar-refractivity contribution in [2.45, 2.75) is 13.1 Å². The van der Waals surface area contributed by atoms with Gasteiger partial charge in [0.1, 0.15) is 5.01 Å². The first-order valence-corrected chi connectivity index (χ1v) is 7.54. The van der Waals surface area contributed by atoms with Crippen molar-refractivity contribution in [3.8, 4) is 10.6 Å². The highest BCUT2D eigenvalue weighted by atomic mass is 32.1. The molecule has 0 saturated carbocycles. The predicted molar refractivity (Wildman–Crippen MR) is 84.4 cm³/mol. The van der Waals surface area contributed by atoms with E-state index in [4.69, 9.17) is 0 Å². The summed E-state index contributed by atoms with van der Waals surface area (Å²) in [6.07, 6.45) is -1.29. The van der Waals surface area contributed by atoms with Crippen LogP contribution in [0.1, 0.15) is 20.9 Å². The summed E-state index contributed by atoms with van der Waals surface area (Å²) in [7, 11) is 3.61. The molecule has 122 valence electrons. The minimum Gasteiger partial charge on any atom is -0.383 e. The third-order valence-electron chi connectivity index (χ3n) is 3.00. The third kappa shape index (κ3) is 4.19. The van der Waals surface area contributed by atoms with Gasteiger partial charge in [-0.25, -0.2) is 4.98 Å². The van der Waals surface area contributed by atoms with Crippen LogP contribution in [0.2, 0.25) is 0 Å². The average Bonchev–Trinajstić information content (AvgIpc) is 2.86. The van der Waals surface area contributed by atoms with E-state index in [1.165, 1.54) is 29.5 Å². The molecular weight excluding hydrogens is 325 g/mol. The Kier molecular flexibility index (Phi) is 4.89. The number of hydrogen-bond donors (Lipinski definition) is 0. The van der Waals surface area contributed by atoms with Crippen molar-refractivity contribution in [3.05, 3.63) is 52.7 Å². The second-order valence-corrected chi connectivity index (χ2v) is 6.15. The van der Waals surface area contributed by atoms with Crippen LogP contribution in [0.25, 0.3) is 10.6 Å². The zero-order valence-corrected chi connectivity index (χ0v) is 13.6. The molecular formula is C16H15F3N2OS. The van der Waals surface area contributed by atoms with Gasteiger partial charge in [0.25, 0.3) is 0 Å². The van der Waals surface area contributed by atoms with Crippen LogP contribution in [0, 0.1) is 6.92 Å². The Morgan fingerprint density at radius 3 is 2.35 bits per heavy atom. The van der Waals surface area contributed by atoms with Crippen molar-refractivity contribution in [1.82, 2.24) is 9.88 Å². The van der Waals surface area contributed by atoms with Crippen LogP contribution in [-0.4, -0.2) is 29.8 Å². The van der Waals surface area contributed by atoms with Crippen molar-refractivity contribution in [1.29, 1.82) is 0 Å². The molecule has 0 N–H and O–H groups in total. The number of rotatable bonds is 4. The molecule has 0 aliphatic heterocycles. The van der Waals surface area contributed by atoms with Crippen LogP contribution < -0.4 is 0 Å². The summed E-state index contributed by atoms with van der Waals surface area (Å²) in [5, 5.41) is 0.526. The zero-order chi connectivity index (χ0) is 17.2. The first kappa shape index (κ1) is 17.2. The molecule has 0 radical (unpaired) electrons. The molecule has 0 aliphatic rings. The highest BCUT2D eigenvalue weighted by molar-refractivity contribution is 7.17. The number of alkyl halides is 3. The highest BCUT2D eigenvalue weighted by Crippen LogP contribution is 2.33. The zero-order valence-electron chi connectivity index (χ0n) is 12.8. The monoisotopic (exact) mass is 340 g/mol.